The third kappa shape index (κ3) is 3.25. The van der Waals surface area contributed by atoms with Crippen molar-refractivity contribution in [1.29, 1.82) is 0 Å². The largest absolute Gasteiger partial charge is 0.435 e. The molecule has 0 fully saturated rings. The molecule has 0 aliphatic heterocycles. The topological polar surface area (TPSA) is 0 Å². The van der Waals surface area contributed by atoms with Gasteiger partial charge in [0.25, 0.3) is 0 Å². The van der Waals surface area contributed by atoms with Crippen LogP contribution in [0.25, 0.3) is 11.1 Å². The Labute approximate surface area is 146 Å². The van der Waals surface area contributed by atoms with Crippen molar-refractivity contribution < 1.29 is 43.9 Å². The molecule has 0 radical (unpaired) electrons. The minimum Gasteiger partial charge on any atom is -0.218 e. The third-order valence-corrected chi connectivity index (χ3v) is 3.93. The second kappa shape index (κ2) is 6.42. The molecule has 2 aromatic carbocycles. The summed E-state index contributed by atoms with van der Waals surface area (Å²) in [5.41, 5.74) is -11.6. The number of halogens is 10. The van der Waals surface area contributed by atoms with Gasteiger partial charge in [0.1, 0.15) is 5.82 Å². The fourth-order valence-corrected chi connectivity index (χ4v) is 2.79. The Morgan fingerprint density at radius 3 is 1.63 bits per heavy atom. The quantitative estimate of drug-likeness (QED) is 0.387. The summed E-state index contributed by atoms with van der Waals surface area (Å²) in [6.45, 7) is 2.01. The number of aryl methyl sites for hydroxylation is 2. The van der Waals surface area contributed by atoms with Gasteiger partial charge in [-0.1, -0.05) is 17.7 Å². The van der Waals surface area contributed by atoms with E-state index in [1.807, 2.05) is 0 Å². The van der Waals surface area contributed by atoms with Gasteiger partial charge in [0.15, 0.2) is 11.6 Å². The average molecular weight is 404 g/mol. The number of hydrogen-bond donors (Lipinski definition) is 0. The summed E-state index contributed by atoms with van der Waals surface area (Å²) in [5, 5.41) is 0. The fraction of sp³-hybridized carbons (Fsp3) is 0.294. The standard InChI is InChI=1S/C17H10F10/c1-7-5-8(2)12(13-10(18)3-4-11(19)14(13)20)9(6-7)15(21,16(22,23)24)17(25,26)27/h3-6H,1-2H3. The van der Waals surface area contributed by atoms with E-state index < -0.39 is 57.7 Å². The first-order chi connectivity index (χ1) is 12.1. The molecule has 0 spiro atoms. The van der Waals surface area contributed by atoms with Crippen LogP contribution in [0.5, 0.6) is 0 Å². The molecule has 27 heavy (non-hydrogen) atoms. The van der Waals surface area contributed by atoms with Gasteiger partial charge in [-0.05, 0) is 37.1 Å². The maximum absolute atomic E-state index is 14.6. The summed E-state index contributed by atoms with van der Waals surface area (Å²) in [6, 6.07) is 1.80. The van der Waals surface area contributed by atoms with E-state index in [1.54, 1.807) is 0 Å². The molecule has 0 atom stereocenters. The van der Waals surface area contributed by atoms with Gasteiger partial charge in [0.2, 0.25) is 0 Å². The van der Waals surface area contributed by atoms with E-state index in [4.69, 9.17) is 0 Å². The normalized spacial score (nSPS) is 13.2. The zero-order chi connectivity index (χ0) is 20.9. The maximum Gasteiger partial charge on any atom is 0.435 e. The van der Waals surface area contributed by atoms with Crippen LogP contribution in [-0.4, -0.2) is 12.4 Å². The molecule has 0 aliphatic carbocycles. The lowest BCUT2D eigenvalue weighted by atomic mass is 9.83. The predicted octanol–water partition coefficient (Wildman–Crippen LogP) is 6.68. The van der Waals surface area contributed by atoms with Crippen LogP contribution in [0.15, 0.2) is 24.3 Å². The van der Waals surface area contributed by atoms with Gasteiger partial charge in [0, 0.05) is 5.56 Å². The Kier molecular flexibility index (Phi) is 5.00. The Morgan fingerprint density at radius 2 is 1.15 bits per heavy atom. The van der Waals surface area contributed by atoms with Gasteiger partial charge < -0.3 is 0 Å². The molecule has 0 saturated carbocycles. The van der Waals surface area contributed by atoms with E-state index >= 15 is 0 Å². The van der Waals surface area contributed by atoms with E-state index in [-0.39, 0.29) is 11.6 Å². The molecule has 2 rings (SSSR count). The molecular formula is C17H10F10. The fourth-order valence-electron chi connectivity index (χ4n) is 2.79. The summed E-state index contributed by atoms with van der Waals surface area (Å²) >= 11 is 0. The number of rotatable bonds is 2. The molecule has 10 heteroatoms. The van der Waals surface area contributed by atoms with Gasteiger partial charge in [-0.15, -0.1) is 0 Å². The van der Waals surface area contributed by atoms with Crippen molar-refractivity contribution in [2.45, 2.75) is 31.9 Å². The summed E-state index contributed by atoms with van der Waals surface area (Å²) in [4.78, 5) is 0. The molecule has 0 amide bonds. The van der Waals surface area contributed by atoms with E-state index in [1.165, 1.54) is 0 Å². The van der Waals surface area contributed by atoms with Gasteiger partial charge in [0.05, 0.1) is 5.56 Å². The second-order valence-corrected chi connectivity index (χ2v) is 5.88. The van der Waals surface area contributed by atoms with Crippen molar-refractivity contribution >= 4 is 0 Å². The molecule has 0 unspecified atom stereocenters. The zero-order valence-corrected chi connectivity index (χ0v) is 13.6. The van der Waals surface area contributed by atoms with Crippen LogP contribution in [0.2, 0.25) is 0 Å². The van der Waals surface area contributed by atoms with Crippen LogP contribution in [0.1, 0.15) is 16.7 Å². The molecule has 0 aliphatic rings. The van der Waals surface area contributed by atoms with E-state index in [2.05, 4.69) is 0 Å². The minimum atomic E-state index is -6.50. The first-order valence-corrected chi connectivity index (χ1v) is 7.21. The number of benzene rings is 2. The highest BCUT2D eigenvalue weighted by atomic mass is 19.4. The smallest absolute Gasteiger partial charge is 0.218 e. The highest BCUT2D eigenvalue weighted by Crippen LogP contribution is 2.56. The van der Waals surface area contributed by atoms with E-state index in [0.29, 0.717) is 12.1 Å². The Bertz CT molecular complexity index is 863. The van der Waals surface area contributed by atoms with Gasteiger partial charge >= 0.3 is 18.0 Å². The lowest BCUT2D eigenvalue weighted by molar-refractivity contribution is -0.348. The van der Waals surface area contributed by atoms with Gasteiger partial charge in [-0.3, -0.25) is 0 Å². The molecule has 0 bridgehead atoms. The molecule has 0 aromatic heterocycles. The predicted molar refractivity (Wildman–Crippen MR) is 76.1 cm³/mol. The van der Waals surface area contributed by atoms with Crippen LogP contribution in [0, 0.1) is 31.3 Å². The van der Waals surface area contributed by atoms with Crippen LogP contribution in [0.4, 0.5) is 43.9 Å². The van der Waals surface area contributed by atoms with Crippen LogP contribution in [-0.2, 0) is 5.67 Å². The first kappa shape index (κ1) is 21.0. The molecule has 148 valence electrons. The maximum atomic E-state index is 14.6. The summed E-state index contributed by atoms with van der Waals surface area (Å²) in [5.74, 6) is -5.40. The van der Waals surface area contributed by atoms with Crippen molar-refractivity contribution in [1.82, 2.24) is 0 Å². The molecule has 0 nitrogen and oxygen atoms in total. The van der Waals surface area contributed by atoms with Crippen molar-refractivity contribution in [3.05, 3.63) is 58.4 Å². The van der Waals surface area contributed by atoms with Crippen LogP contribution >= 0.6 is 0 Å². The average Bonchev–Trinajstić information content (AvgIpc) is 2.49. The van der Waals surface area contributed by atoms with Crippen molar-refractivity contribution in [2.24, 2.45) is 0 Å². The summed E-state index contributed by atoms with van der Waals surface area (Å²) in [7, 11) is 0. The SMILES string of the molecule is Cc1cc(C)c(-c2c(F)ccc(F)c2F)c(C(F)(C(F)(F)F)C(F)(F)F)c1. The number of alkyl halides is 7. The highest BCUT2D eigenvalue weighted by Gasteiger charge is 2.74. The Morgan fingerprint density at radius 1 is 0.667 bits per heavy atom. The molecular weight excluding hydrogens is 394 g/mol. The molecule has 0 N–H and O–H groups in total. The Balaban J connectivity index is 3.07. The van der Waals surface area contributed by atoms with Crippen molar-refractivity contribution in [3.63, 3.8) is 0 Å². The summed E-state index contributed by atoms with van der Waals surface area (Å²) in [6.07, 6.45) is -13.0. The Hall–Kier alpha value is -2.26. The van der Waals surface area contributed by atoms with Crippen molar-refractivity contribution in [2.75, 3.05) is 0 Å². The zero-order valence-electron chi connectivity index (χ0n) is 13.6. The van der Waals surface area contributed by atoms with Crippen LogP contribution < -0.4 is 0 Å². The molecule has 2 aromatic rings. The minimum absolute atomic E-state index is 0.188. The summed E-state index contributed by atoms with van der Waals surface area (Å²) < 4.78 is 135. The van der Waals surface area contributed by atoms with Crippen molar-refractivity contribution in [3.8, 4) is 11.1 Å². The van der Waals surface area contributed by atoms with Gasteiger partial charge in [-0.2, -0.15) is 26.3 Å². The third-order valence-electron chi connectivity index (χ3n) is 3.93. The number of hydrogen-bond acceptors (Lipinski definition) is 0. The lowest BCUT2D eigenvalue weighted by Gasteiger charge is -2.33. The second-order valence-electron chi connectivity index (χ2n) is 5.88. The molecule has 0 heterocycles. The van der Waals surface area contributed by atoms with Crippen LogP contribution in [0.3, 0.4) is 0 Å². The first-order valence-electron chi connectivity index (χ1n) is 7.21. The van der Waals surface area contributed by atoms with E-state index in [0.717, 1.165) is 19.9 Å². The monoisotopic (exact) mass is 404 g/mol. The lowest BCUT2D eigenvalue weighted by Crippen LogP contribution is -2.50. The highest BCUT2D eigenvalue weighted by molar-refractivity contribution is 5.74. The van der Waals surface area contributed by atoms with E-state index in [9.17, 15) is 43.9 Å². The molecule has 0 saturated heterocycles. The van der Waals surface area contributed by atoms with Gasteiger partial charge in [-0.25, -0.2) is 17.6 Å².